The van der Waals surface area contributed by atoms with E-state index in [-0.39, 0.29) is 12.4 Å². The Labute approximate surface area is 107 Å². The third-order valence-corrected chi connectivity index (χ3v) is 3.43. The predicted molar refractivity (Wildman–Crippen MR) is 67.1 cm³/mol. The van der Waals surface area contributed by atoms with E-state index >= 15 is 0 Å². The van der Waals surface area contributed by atoms with Crippen molar-refractivity contribution in [2.24, 2.45) is 0 Å². The van der Waals surface area contributed by atoms with Crippen molar-refractivity contribution < 1.29 is 9.50 Å². The standard InChI is InChI=1S/C12H12BrFN2O/c1-8-11(13)12(16(15-8)6-7-17)9-2-4-10(14)5-3-9/h2-5,17H,6-7H2,1H3. The molecule has 1 aromatic carbocycles. The number of nitrogens with zero attached hydrogens (tertiary/aromatic N) is 2. The maximum atomic E-state index is 12.9. The summed E-state index contributed by atoms with van der Waals surface area (Å²) < 4.78 is 15.5. The Kier molecular flexibility index (Phi) is 3.59. The van der Waals surface area contributed by atoms with Crippen molar-refractivity contribution in [2.45, 2.75) is 13.5 Å². The fraction of sp³-hybridized carbons (Fsp3) is 0.250. The summed E-state index contributed by atoms with van der Waals surface area (Å²) >= 11 is 3.47. The van der Waals surface area contributed by atoms with Gasteiger partial charge in [-0.2, -0.15) is 5.10 Å². The normalized spacial score (nSPS) is 10.8. The molecule has 1 heterocycles. The molecule has 1 N–H and O–H groups in total. The van der Waals surface area contributed by atoms with Crippen LogP contribution in [0.15, 0.2) is 28.7 Å². The molecule has 0 aliphatic rings. The van der Waals surface area contributed by atoms with Crippen LogP contribution in [0.1, 0.15) is 5.69 Å². The zero-order valence-electron chi connectivity index (χ0n) is 9.32. The van der Waals surface area contributed by atoms with E-state index < -0.39 is 0 Å². The molecule has 2 rings (SSSR count). The Morgan fingerprint density at radius 2 is 2.00 bits per heavy atom. The van der Waals surface area contributed by atoms with Crippen LogP contribution in [0.25, 0.3) is 11.3 Å². The lowest BCUT2D eigenvalue weighted by molar-refractivity contribution is 0.270. The van der Waals surface area contributed by atoms with Gasteiger partial charge in [0.2, 0.25) is 0 Å². The number of rotatable bonds is 3. The summed E-state index contributed by atoms with van der Waals surface area (Å²) in [5, 5.41) is 13.3. The minimum absolute atomic E-state index is 0.0156. The molecule has 0 fully saturated rings. The van der Waals surface area contributed by atoms with Crippen LogP contribution < -0.4 is 0 Å². The van der Waals surface area contributed by atoms with Crippen LogP contribution in [-0.4, -0.2) is 21.5 Å². The summed E-state index contributed by atoms with van der Waals surface area (Å²) in [5.41, 5.74) is 2.57. The SMILES string of the molecule is Cc1nn(CCO)c(-c2ccc(F)cc2)c1Br. The molecule has 0 spiro atoms. The molecule has 0 bridgehead atoms. The molecule has 17 heavy (non-hydrogen) atoms. The molecule has 0 saturated carbocycles. The Hall–Kier alpha value is -1.20. The van der Waals surface area contributed by atoms with E-state index in [4.69, 9.17) is 5.11 Å². The summed E-state index contributed by atoms with van der Waals surface area (Å²) in [5.74, 6) is -0.269. The smallest absolute Gasteiger partial charge is 0.123 e. The minimum atomic E-state index is -0.269. The summed E-state index contributed by atoms with van der Waals surface area (Å²) in [6.07, 6.45) is 0. The van der Waals surface area contributed by atoms with Gasteiger partial charge in [-0.3, -0.25) is 4.68 Å². The number of aryl methyl sites for hydroxylation is 1. The number of halogens is 2. The van der Waals surface area contributed by atoms with E-state index in [1.54, 1.807) is 16.8 Å². The first-order chi connectivity index (χ1) is 8.13. The molecular weight excluding hydrogens is 287 g/mol. The molecule has 0 atom stereocenters. The maximum absolute atomic E-state index is 12.9. The van der Waals surface area contributed by atoms with Crippen LogP contribution in [-0.2, 0) is 6.54 Å². The molecular formula is C12H12BrFN2O. The van der Waals surface area contributed by atoms with Crippen LogP contribution >= 0.6 is 15.9 Å². The van der Waals surface area contributed by atoms with Gasteiger partial charge in [-0.1, -0.05) is 0 Å². The molecule has 0 saturated heterocycles. The zero-order valence-corrected chi connectivity index (χ0v) is 10.9. The number of hydrogen-bond donors (Lipinski definition) is 1. The molecule has 0 aliphatic carbocycles. The number of hydrogen-bond acceptors (Lipinski definition) is 2. The lowest BCUT2D eigenvalue weighted by Crippen LogP contribution is -2.05. The second kappa shape index (κ2) is 4.98. The van der Waals surface area contributed by atoms with Crippen molar-refractivity contribution in [3.05, 3.63) is 40.2 Å². The molecule has 2 aromatic rings. The Bertz CT molecular complexity index is 522. The van der Waals surface area contributed by atoms with Gasteiger partial charge in [-0.15, -0.1) is 0 Å². The summed E-state index contributed by atoms with van der Waals surface area (Å²) in [4.78, 5) is 0. The lowest BCUT2D eigenvalue weighted by Gasteiger charge is -2.06. The average Bonchev–Trinajstić information content (AvgIpc) is 2.57. The van der Waals surface area contributed by atoms with Crippen molar-refractivity contribution in [1.29, 1.82) is 0 Å². The average molecular weight is 299 g/mol. The molecule has 0 radical (unpaired) electrons. The van der Waals surface area contributed by atoms with Crippen LogP contribution in [0.4, 0.5) is 4.39 Å². The third-order valence-electron chi connectivity index (χ3n) is 2.48. The highest BCUT2D eigenvalue weighted by atomic mass is 79.9. The largest absolute Gasteiger partial charge is 0.394 e. The van der Waals surface area contributed by atoms with Crippen LogP contribution in [0.2, 0.25) is 0 Å². The van der Waals surface area contributed by atoms with Crippen molar-refractivity contribution in [3.8, 4) is 11.3 Å². The molecule has 0 aliphatic heterocycles. The van der Waals surface area contributed by atoms with Crippen LogP contribution in [0.5, 0.6) is 0 Å². The minimum Gasteiger partial charge on any atom is -0.394 e. The van der Waals surface area contributed by atoms with Gasteiger partial charge < -0.3 is 5.11 Å². The fourth-order valence-electron chi connectivity index (χ4n) is 1.70. The number of aliphatic hydroxyl groups excluding tert-OH is 1. The summed E-state index contributed by atoms with van der Waals surface area (Å²) in [7, 11) is 0. The first kappa shape index (κ1) is 12.3. The van der Waals surface area contributed by atoms with Gasteiger partial charge in [-0.05, 0) is 47.1 Å². The Morgan fingerprint density at radius 1 is 1.35 bits per heavy atom. The van der Waals surface area contributed by atoms with Gasteiger partial charge >= 0.3 is 0 Å². The fourth-order valence-corrected chi connectivity index (χ4v) is 2.21. The van der Waals surface area contributed by atoms with E-state index in [0.29, 0.717) is 6.54 Å². The molecule has 90 valence electrons. The molecule has 3 nitrogen and oxygen atoms in total. The van der Waals surface area contributed by atoms with E-state index in [2.05, 4.69) is 21.0 Å². The number of aliphatic hydroxyl groups is 1. The Morgan fingerprint density at radius 3 is 2.59 bits per heavy atom. The van der Waals surface area contributed by atoms with Gasteiger partial charge in [0, 0.05) is 5.56 Å². The highest BCUT2D eigenvalue weighted by molar-refractivity contribution is 9.10. The lowest BCUT2D eigenvalue weighted by atomic mass is 10.1. The quantitative estimate of drug-likeness (QED) is 0.946. The molecule has 1 aromatic heterocycles. The van der Waals surface area contributed by atoms with Gasteiger partial charge in [0.25, 0.3) is 0 Å². The van der Waals surface area contributed by atoms with Gasteiger partial charge in [0.15, 0.2) is 0 Å². The van der Waals surface area contributed by atoms with Crippen molar-refractivity contribution in [3.63, 3.8) is 0 Å². The second-order valence-electron chi connectivity index (χ2n) is 3.70. The van der Waals surface area contributed by atoms with E-state index in [1.165, 1.54) is 12.1 Å². The summed E-state index contributed by atoms with van der Waals surface area (Å²) in [6, 6.07) is 6.22. The monoisotopic (exact) mass is 298 g/mol. The third kappa shape index (κ3) is 2.40. The van der Waals surface area contributed by atoms with Crippen molar-refractivity contribution in [2.75, 3.05) is 6.61 Å². The highest BCUT2D eigenvalue weighted by Crippen LogP contribution is 2.30. The van der Waals surface area contributed by atoms with Gasteiger partial charge in [-0.25, -0.2) is 4.39 Å². The topological polar surface area (TPSA) is 38.0 Å². The number of benzene rings is 1. The van der Waals surface area contributed by atoms with Crippen LogP contribution in [0, 0.1) is 12.7 Å². The van der Waals surface area contributed by atoms with E-state index in [9.17, 15) is 4.39 Å². The van der Waals surface area contributed by atoms with E-state index in [1.807, 2.05) is 6.92 Å². The van der Waals surface area contributed by atoms with Crippen molar-refractivity contribution >= 4 is 15.9 Å². The first-order valence-electron chi connectivity index (χ1n) is 5.23. The van der Waals surface area contributed by atoms with E-state index in [0.717, 1.165) is 21.4 Å². The van der Waals surface area contributed by atoms with Gasteiger partial charge in [0.05, 0.1) is 29.0 Å². The van der Waals surface area contributed by atoms with Crippen molar-refractivity contribution in [1.82, 2.24) is 9.78 Å². The van der Waals surface area contributed by atoms with Gasteiger partial charge in [0.1, 0.15) is 5.82 Å². The predicted octanol–water partition coefficient (Wildman–Crippen LogP) is 2.75. The molecule has 0 amide bonds. The second-order valence-corrected chi connectivity index (χ2v) is 4.49. The van der Waals surface area contributed by atoms with Crippen LogP contribution in [0.3, 0.4) is 0 Å². The zero-order chi connectivity index (χ0) is 12.4. The maximum Gasteiger partial charge on any atom is 0.123 e. The molecule has 0 unspecified atom stereocenters. The highest BCUT2D eigenvalue weighted by Gasteiger charge is 2.14. The molecule has 5 heteroatoms. The first-order valence-corrected chi connectivity index (χ1v) is 6.02. The summed E-state index contributed by atoms with van der Waals surface area (Å²) in [6.45, 7) is 2.31. The Balaban J connectivity index is 2.53. The number of aromatic nitrogens is 2.